The van der Waals surface area contributed by atoms with Crippen molar-refractivity contribution in [3.05, 3.63) is 34.3 Å². The third-order valence-electron chi connectivity index (χ3n) is 2.58. The molecule has 0 spiro atoms. The highest BCUT2D eigenvalue weighted by molar-refractivity contribution is 7.91. The number of sulfone groups is 1. The standard InChI is InChI=1S/C12H13ClN4O3S2/c1-8-16-17-12(21-8)15-11(18)14-6-7-22(19,20)10-4-2-9(13)3-5-10/h2-5H,6-7H2,1H3,(H2,14,15,17,18). The van der Waals surface area contributed by atoms with Gasteiger partial charge in [0.25, 0.3) is 0 Å². The molecule has 1 aromatic heterocycles. The number of benzene rings is 1. The van der Waals surface area contributed by atoms with Crippen LogP contribution >= 0.6 is 22.9 Å². The summed E-state index contributed by atoms with van der Waals surface area (Å²) in [5.74, 6) is -0.211. The summed E-state index contributed by atoms with van der Waals surface area (Å²) in [7, 11) is -3.47. The third-order valence-corrected chi connectivity index (χ3v) is 5.31. The summed E-state index contributed by atoms with van der Waals surface area (Å²) in [5.41, 5.74) is 0. The summed E-state index contributed by atoms with van der Waals surface area (Å²) in [4.78, 5) is 11.8. The molecule has 0 saturated heterocycles. The van der Waals surface area contributed by atoms with E-state index in [1.807, 2.05) is 0 Å². The van der Waals surface area contributed by atoms with Crippen molar-refractivity contribution in [2.75, 3.05) is 17.6 Å². The first-order chi connectivity index (χ1) is 10.4. The van der Waals surface area contributed by atoms with Gasteiger partial charge in [0.1, 0.15) is 5.01 Å². The molecule has 0 aliphatic heterocycles. The second-order valence-corrected chi connectivity index (χ2v) is 8.01. The Kier molecular flexibility index (Phi) is 5.33. The van der Waals surface area contributed by atoms with Crippen molar-refractivity contribution in [1.29, 1.82) is 0 Å². The topological polar surface area (TPSA) is 101 Å². The maximum atomic E-state index is 12.1. The smallest absolute Gasteiger partial charge is 0.321 e. The van der Waals surface area contributed by atoms with Crippen LogP contribution in [0.2, 0.25) is 5.02 Å². The van der Waals surface area contributed by atoms with Gasteiger partial charge in [-0.15, -0.1) is 10.2 Å². The zero-order valence-corrected chi connectivity index (χ0v) is 13.9. The highest BCUT2D eigenvalue weighted by Crippen LogP contribution is 2.15. The van der Waals surface area contributed by atoms with Gasteiger partial charge in [0.15, 0.2) is 9.84 Å². The number of aromatic nitrogens is 2. The Morgan fingerprint density at radius 1 is 1.27 bits per heavy atom. The lowest BCUT2D eigenvalue weighted by atomic mass is 10.4. The molecule has 0 atom stereocenters. The van der Waals surface area contributed by atoms with Crippen LogP contribution in [0.1, 0.15) is 5.01 Å². The molecule has 118 valence electrons. The van der Waals surface area contributed by atoms with Crippen LogP contribution in [0.25, 0.3) is 0 Å². The lowest BCUT2D eigenvalue weighted by Crippen LogP contribution is -2.32. The van der Waals surface area contributed by atoms with Crippen molar-refractivity contribution in [1.82, 2.24) is 15.5 Å². The molecule has 2 amide bonds. The minimum absolute atomic E-state index is 0.0193. The molecule has 0 aliphatic rings. The molecule has 10 heteroatoms. The largest absolute Gasteiger partial charge is 0.337 e. The third kappa shape index (κ3) is 4.65. The summed E-state index contributed by atoms with van der Waals surface area (Å²) in [6.07, 6.45) is 0. The molecule has 0 saturated carbocycles. The lowest BCUT2D eigenvalue weighted by Gasteiger charge is -2.06. The van der Waals surface area contributed by atoms with E-state index in [4.69, 9.17) is 11.6 Å². The molecule has 2 aromatic rings. The molecule has 2 rings (SSSR count). The molecule has 7 nitrogen and oxygen atoms in total. The maximum absolute atomic E-state index is 12.1. The van der Waals surface area contributed by atoms with Crippen LogP contribution in [-0.2, 0) is 9.84 Å². The molecule has 0 aliphatic carbocycles. The van der Waals surface area contributed by atoms with Gasteiger partial charge in [-0.3, -0.25) is 5.32 Å². The Balaban J connectivity index is 1.84. The summed E-state index contributed by atoms with van der Waals surface area (Å²) < 4.78 is 24.1. The number of carbonyl (C=O) groups excluding carboxylic acids is 1. The Hall–Kier alpha value is -1.71. The Morgan fingerprint density at radius 3 is 2.55 bits per heavy atom. The van der Waals surface area contributed by atoms with Crippen LogP contribution in [0.15, 0.2) is 29.2 Å². The number of rotatable bonds is 5. The SMILES string of the molecule is Cc1nnc(NC(=O)NCCS(=O)(=O)c2ccc(Cl)cc2)s1. The van der Waals surface area contributed by atoms with E-state index < -0.39 is 15.9 Å². The van der Waals surface area contributed by atoms with E-state index in [9.17, 15) is 13.2 Å². The molecule has 0 unspecified atom stereocenters. The summed E-state index contributed by atoms with van der Waals surface area (Å²) in [5, 5.41) is 14.0. The highest BCUT2D eigenvalue weighted by atomic mass is 35.5. The first kappa shape index (κ1) is 16.7. The van der Waals surface area contributed by atoms with Crippen LogP contribution in [0.5, 0.6) is 0 Å². The zero-order chi connectivity index (χ0) is 16.2. The molecule has 1 aromatic carbocycles. The number of nitrogens with zero attached hydrogens (tertiary/aromatic N) is 2. The number of anilines is 1. The quantitative estimate of drug-likeness (QED) is 0.850. The van der Waals surface area contributed by atoms with E-state index >= 15 is 0 Å². The average molecular weight is 361 g/mol. The van der Waals surface area contributed by atoms with Gasteiger partial charge in [0.05, 0.1) is 10.6 Å². The summed E-state index contributed by atoms with van der Waals surface area (Å²) in [6, 6.07) is 5.35. The van der Waals surface area contributed by atoms with Gasteiger partial charge >= 0.3 is 6.03 Å². The normalized spacial score (nSPS) is 11.2. The molecule has 2 N–H and O–H groups in total. The van der Waals surface area contributed by atoms with E-state index in [-0.39, 0.29) is 17.2 Å². The fourth-order valence-corrected chi connectivity index (χ4v) is 3.42. The van der Waals surface area contributed by atoms with E-state index in [0.717, 1.165) is 5.01 Å². The maximum Gasteiger partial charge on any atom is 0.321 e. The van der Waals surface area contributed by atoms with Crippen molar-refractivity contribution in [3.8, 4) is 0 Å². The fourth-order valence-electron chi connectivity index (χ4n) is 1.55. The van der Waals surface area contributed by atoms with Crippen LogP contribution in [0, 0.1) is 6.92 Å². The number of hydrogen-bond acceptors (Lipinski definition) is 6. The Morgan fingerprint density at radius 2 is 1.95 bits per heavy atom. The van der Waals surface area contributed by atoms with Gasteiger partial charge in [-0.05, 0) is 31.2 Å². The van der Waals surface area contributed by atoms with Gasteiger partial charge in [0.2, 0.25) is 5.13 Å². The van der Waals surface area contributed by atoms with E-state index in [2.05, 4.69) is 20.8 Å². The molecule has 1 heterocycles. The first-order valence-electron chi connectivity index (χ1n) is 6.20. The predicted octanol–water partition coefficient (Wildman–Crippen LogP) is 2.10. The van der Waals surface area contributed by atoms with Gasteiger partial charge in [-0.25, -0.2) is 13.2 Å². The number of hydrogen-bond donors (Lipinski definition) is 2. The predicted molar refractivity (Wildman–Crippen MR) is 85.2 cm³/mol. The molecular formula is C12H13ClN4O3S2. The number of urea groups is 1. The van der Waals surface area contributed by atoms with Crippen LogP contribution in [0.3, 0.4) is 0 Å². The number of carbonyl (C=O) groups is 1. The van der Waals surface area contributed by atoms with Gasteiger partial charge in [-0.2, -0.15) is 0 Å². The average Bonchev–Trinajstić information content (AvgIpc) is 2.84. The van der Waals surface area contributed by atoms with Crippen LogP contribution in [0.4, 0.5) is 9.93 Å². The molecule has 0 radical (unpaired) electrons. The van der Waals surface area contributed by atoms with Crippen molar-refractivity contribution in [2.24, 2.45) is 0 Å². The number of aryl methyl sites for hydroxylation is 1. The zero-order valence-electron chi connectivity index (χ0n) is 11.5. The van der Waals surface area contributed by atoms with Gasteiger partial charge < -0.3 is 5.32 Å². The molecular weight excluding hydrogens is 348 g/mol. The van der Waals surface area contributed by atoms with Crippen molar-refractivity contribution < 1.29 is 13.2 Å². The van der Waals surface area contributed by atoms with Crippen LogP contribution < -0.4 is 10.6 Å². The second kappa shape index (κ2) is 7.03. The van der Waals surface area contributed by atoms with Crippen molar-refractivity contribution in [3.63, 3.8) is 0 Å². The minimum atomic E-state index is -3.47. The fraction of sp³-hybridized carbons (Fsp3) is 0.250. The molecule has 0 bridgehead atoms. The molecule has 22 heavy (non-hydrogen) atoms. The summed E-state index contributed by atoms with van der Waals surface area (Å²) in [6.45, 7) is 1.74. The number of amides is 2. The Bertz CT molecular complexity index is 759. The highest BCUT2D eigenvalue weighted by Gasteiger charge is 2.15. The number of nitrogens with one attached hydrogen (secondary N) is 2. The van der Waals surface area contributed by atoms with E-state index in [1.165, 1.54) is 35.6 Å². The minimum Gasteiger partial charge on any atom is -0.337 e. The number of halogens is 1. The lowest BCUT2D eigenvalue weighted by molar-refractivity contribution is 0.252. The molecule has 0 fully saturated rings. The monoisotopic (exact) mass is 360 g/mol. The van der Waals surface area contributed by atoms with Gasteiger partial charge in [0, 0.05) is 11.6 Å². The Labute approximate surface area is 136 Å². The van der Waals surface area contributed by atoms with Crippen molar-refractivity contribution in [2.45, 2.75) is 11.8 Å². The first-order valence-corrected chi connectivity index (χ1v) is 9.05. The van der Waals surface area contributed by atoms with Gasteiger partial charge in [-0.1, -0.05) is 22.9 Å². The van der Waals surface area contributed by atoms with E-state index in [0.29, 0.717) is 10.2 Å². The van der Waals surface area contributed by atoms with E-state index in [1.54, 1.807) is 6.92 Å². The second-order valence-electron chi connectivity index (χ2n) is 4.28. The summed E-state index contributed by atoms with van der Waals surface area (Å²) >= 11 is 6.94. The van der Waals surface area contributed by atoms with Crippen LogP contribution in [-0.4, -0.2) is 36.9 Å². The van der Waals surface area contributed by atoms with Crippen molar-refractivity contribution >= 4 is 43.9 Å².